The molecule has 4 aromatic rings. The zero-order valence-electron chi connectivity index (χ0n) is 21.6. The molecule has 192 valence electrons. The number of nitrogens with one attached hydrogen (secondary N) is 2. The van der Waals surface area contributed by atoms with Crippen LogP contribution in [0.15, 0.2) is 90.9 Å². The third kappa shape index (κ3) is 5.19. The molecule has 5 rings (SSSR count). The van der Waals surface area contributed by atoms with Crippen molar-refractivity contribution in [3.05, 3.63) is 119 Å². The number of fused-ring (bicyclic) bond motifs is 1. The number of hydrogen-bond donors (Lipinski definition) is 2. The molecule has 5 nitrogen and oxygen atoms in total. The summed E-state index contributed by atoms with van der Waals surface area (Å²) in [6.45, 7) is 6.99. The van der Waals surface area contributed by atoms with Gasteiger partial charge in [-0.2, -0.15) is 5.10 Å². The molecule has 0 radical (unpaired) electrons. The van der Waals surface area contributed by atoms with E-state index < -0.39 is 0 Å². The molecule has 0 fully saturated rings. The van der Waals surface area contributed by atoms with E-state index in [0.717, 1.165) is 33.4 Å². The van der Waals surface area contributed by atoms with Gasteiger partial charge in [-0.3, -0.25) is 10.1 Å². The Bertz CT molecular complexity index is 1610. The second-order valence-corrected chi connectivity index (χ2v) is 9.70. The molecule has 1 aliphatic rings. The molecular weight excluding hydrogens is 480 g/mol. The molecule has 0 unspecified atom stereocenters. The molecule has 0 atom stereocenters. The largest absolute Gasteiger partial charge is 0.357 e. The SMILES string of the molecule is C=C(NC1=C(C)C(c2ccc(F)cc2)=CC=CC1)c1n[nH]c2cc(F)c(-c3cncc(CN(C)C)c3)cc12. The summed E-state index contributed by atoms with van der Waals surface area (Å²) in [5, 5.41) is 11.6. The quantitative estimate of drug-likeness (QED) is 0.286. The highest BCUT2D eigenvalue weighted by molar-refractivity contribution is 5.93. The fraction of sp³-hybridized carbons (Fsp3) is 0.161. The van der Waals surface area contributed by atoms with Crippen molar-refractivity contribution >= 4 is 22.2 Å². The molecule has 0 amide bonds. The van der Waals surface area contributed by atoms with Crippen molar-refractivity contribution in [1.29, 1.82) is 0 Å². The Kier molecular flexibility index (Phi) is 7.03. The summed E-state index contributed by atoms with van der Waals surface area (Å²) in [6, 6.07) is 11.7. The number of pyridine rings is 1. The fourth-order valence-corrected chi connectivity index (χ4v) is 4.69. The first-order chi connectivity index (χ1) is 18.3. The lowest BCUT2D eigenvalue weighted by molar-refractivity contribution is 0.402. The lowest BCUT2D eigenvalue weighted by Crippen LogP contribution is -2.13. The number of hydrogen-bond acceptors (Lipinski definition) is 4. The van der Waals surface area contributed by atoms with Crippen LogP contribution in [0.25, 0.3) is 33.3 Å². The van der Waals surface area contributed by atoms with Crippen LogP contribution < -0.4 is 5.32 Å². The second kappa shape index (κ2) is 10.6. The van der Waals surface area contributed by atoms with Gasteiger partial charge in [0.25, 0.3) is 0 Å². The molecule has 0 saturated heterocycles. The normalized spacial score (nSPS) is 13.7. The molecule has 38 heavy (non-hydrogen) atoms. The van der Waals surface area contributed by atoms with E-state index in [1.54, 1.807) is 30.6 Å². The summed E-state index contributed by atoms with van der Waals surface area (Å²) < 4.78 is 28.6. The molecule has 2 aromatic carbocycles. The summed E-state index contributed by atoms with van der Waals surface area (Å²) in [4.78, 5) is 6.37. The van der Waals surface area contributed by atoms with Gasteiger partial charge in [-0.05, 0) is 67.6 Å². The van der Waals surface area contributed by atoms with Crippen molar-refractivity contribution in [2.24, 2.45) is 0 Å². The van der Waals surface area contributed by atoms with Gasteiger partial charge in [0, 0.05) is 53.6 Å². The Hall–Kier alpha value is -4.36. The van der Waals surface area contributed by atoms with Crippen LogP contribution in [0, 0.1) is 11.6 Å². The molecule has 0 bridgehead atoms. The first-order valence-electron chi connectivity index (χ1n) is 12.4. The smallest absolute Gasteiger partial charge is 0.133 e. The van der Waals surface area contributed by atoms with Crippen molar-refractivity contribution in [1.82, 2.24) is 25.4 Å². The molecule has 0 aliphatic heterocycles. The van der Waals surface area contributed by atoms with E-state index in [1.165, 1.54) is 18.2 Å². The number of nitrogens with zero attached hydrogens (tertiary/aromatic N) is 3. The number of aromatic nitrogens is 3. The highest BCUT2D eigenvalue weighted by atomic mass is 19.1. The van der Waals surface area contributed by atoms with E-state index in [2.05, 4.69) is 33.2 Å². The summed E-state index contributed by atoms with van der Waals surface area (Å²) in [5.74, 6) is -0.620. The molecule has 1 aliphatic carbocycles. The number of aromatic amines is 1. The van der Waals surface area contributed by atoms with E-state index in [-0.39, 0.29) is 11.6 Å². The monoisotopic (exact) mass is 509 g/mol. The number of rotatable bonds is 7. The van der Waals surface area contributed by atoms with E-state index in [4.69, 9.17) is 0 Å². The maximum absolute atomic E-state index is 15.1. The van der Waals surface area contributed by atoms with Crippen molar-refractivity contribution < 1.29 is 8.78 Å². The lowest BCUT2D eigenvalue weighted by Gasteiger charge is -2.16. The summed E-state index contributed by atoms with van der Waals surface area (Å²) >= 11 is 0. The summed E-state index contributed by atoms with van der Waals surface area (Å²) in [6.07, 6.45) is 10.2. The van der Waals surface area contributed by atoms with Crippen molar-refractivity contribution in [2.45, 2.75) is 19.9 Å². The van der Waals surface area contributed by atoms with Crippen LogP contribution in [0.5, 0.6) is 0 Å². The maximum Gasteiger partial charge on any atom is 0.133 e. The fourth-order valence-electron chi connectivity index (χ4n) is 4.69. The Labute approximate surface area is 220 Å². The standard InChI is InChI=1S/C31H29F2N5/c1-19-25(22-9-11-24(32)12-10-22)7-5-6-8-29(19)35-20(2)31-27-14-26(28(33)15-30(27)36-37-31)23-13-21(16-34-17-23)18-38(3)4/h5-7,9-17,35H,2,8,18H2,1,3-4H3,(H,36,37). The van der Waals surface area contributed by atoms with Gasteiger partial charge in [-0.1, -0.05) is 36.9 Å². The van der Waals surface area contributed by atoms with E-state index in [1.807, 2.05) is 44.1 Å². The van der Waals surface area contributed by atoms with Gasteiger partial charge in [0.05, 0.1) is 11.2 Å². The van der Waals surface area contributed by atoms with Gasteiger partial charge in [0.1, 0.15) is 17.3 Å². The molecule has 0 saturated carbocycles. The van der Waals surface area contributed by atoms with Crippen LogP contribution in [0.3, 0.4) is 0 Å². The molecule has 2 N–H and O–H groups in total. The predicted octanol–water partition coefficient (Wildman–Crippen LogP) is 6.84. The predicted molar refractivity (Wildman–Crippen MR) is 150 cm³/mol. The Morgan fingerprint density at radius 2 is 1.87 bits per heavy atom. The van der Waals surface area contributed by atoms with E-state index >= 15 is 4.39 Å². The van der Waals surface area contributed by atoms with Crippen LogP contribution in [-0.4, -0.2) is 34.2 Å². The van der Waals surface area contributed by atoms with Crippen LogP contribution in [0.1, 0.15) is 30.2 Å². The van der Waals surface area contributed by atoms with Crippen LogP contribution in [0.4, 0.5) is 8.78 Å². The number of H-pyrrole nitrogens is 1. The van der Waals surface area contributed by atoms with E-state index in [0.29, 0.717) is 41.0 Å². The van der Waals surface area contributed by atoms with E-state index in [9.17, 15) is 4.39 Å². The highest BCUT2D eigenvalue weighted by Crippen LogP contribution is 2.32. The van der Waals surface area contributed by atoms with Crippen molar-refractivity contribution in [3.63, 3.8) is 0 Å². The lowest BCUT2D eigenvalue weighted by atomic mass is 9.97. The van der Waals surface area contributed by atoms with Gasteiger partial charge in [0.2, 0.25) is 0 Å². The third-order valence-corrected chi connectivity index (χ3v) is 6.58. The summed E-state index contributed by atoms with van der Waals surface area (Å²) in [7, 11) is 3.96. The average molecular weight is 510 g/mol. The minimum Gasteiger partial charge on any atom is -0.357 e. The van der Waals surface area contributed by atoms with Gasteiger partial charge < -0.3 is 10.2 Å². The average Bonchev–Trinajstić information content (AvgIpc) is 3.21. The maximum atomic E-state index is 15.1. The zero-order valence-corrected chi connectivity index (χ0v) is 21.6. The van der Waals surface area contributed by atoms with Gasteiger partial charge in [-0.25, -0.2) is 8.78 Å². The first kappa shape index (κ1) is 25.3. The van der Waals surface area contributed by atoms with Crippen LogP contribution in [0.2, 0.25) is 0 Å². The Morgan fingerprint density at radius 1 is 1.08 bits per heavy atom. The van der Waals surface area contributed by atoms with Crippen LogP contribution in [-0.2, 0) is 6.54 Å². The molecular formula is C31H29F2N5. The van der Waals surface area contributed by atoms with Gasteiger partial charge in [0.15, 0.2) is 0 Å². The molecule has 7 heteroatoms. The zero-order chi connectivity index (χ0) is 26.8. The minimum absolute atomic E-state index is 0.270. The number of benzene rings is 2. The summed E-state index contributed by atoms with van der Waals surface area (Å²) in [5.41, 5.74) is 7.85. The Morgan fingerprint density at radius 3 is 2.63 bits per heavy atom. The Balaban J connectivity index is 1.48. The molecule has 2 aromatic heterocycles. The van der Waals surface area contributed by atoms with Crippen LogP contribution >= 0.6 is 0 Å². The second-order valence-electron chi connectivity index (χ2n) is 9.70. The minimum atomic E-state index is -0.350. The molecule has 2 heterocycles. The number of halogens is 2. The van der Waals surface area contributed by atoms with Crippen molar-refractivity contribution in [3.8, 4) is 11.1 Å². The molecule has 0 spiro atoms. The third-order valence-electron chi connectivity index (χ3n) is 6.58. The first-order valence-corrected chi connectivity index (χ1v) is 12.4. The van der Waals surface area contributed by atoms with Gasteiger partial charge in [-0.15, -0.1) is 0 Å². The van der Waals surface area contributed by atoms with Gasteiger partial charge >= 0.3 is 0 Å². The van der Waals surface area contributed by atoms with Crippen molar-refractivity contribution in [2.75, 3.05) is 14.1 Å². The highest BCUT2D eigenvalue weighted by Gasteiger charge is 2.17. The topological polar surface area (TPSA) is 56.8 Å². The number of allylic oxidation sites excluding steroid dienone is 5.